The molecule has 0 spiro atoms. The molecule has 6 heteroatoms. The van der Waals surface area contributed by atoms with E-state index in [1.807, 2.05) is 6.07 Å². The van der Waals surface area contributed by atoms with E-state index in [4.69, 9.17) is 23.2 Å². The van der Waals surface area contributed by atoms with E-state index in [0.29, 0.717) is 12.2 Å². The molecule has 108 valence electrons. The fourth-order valence-electron chi connectivity index (χ4n) is 2.50. The van der Waals surface area contributed by atoms with Crippen LogP contribution in [-0.4, -0.2) is 17.4 Å². The standard InChI is InChI=1S/C15H11Cl2FN2O/c16-10-6-7-12(17)19-13(10)15(21)20-8-2-4-9-3-1-5-11(18)14(9)20/h1,3,5-7H,2,4,8H2. The van der Waals surface area contributed by atoms with Crippen molar-refractivity contribution >= 4 is 34.8 Å². The average Bonchev–Trinajstić information content (AvgIpc) is 2.49. The van der Waals surface area contributed by atoms with E-state index < -0.39 is 11.7 Å². The van der Waals surface area contributed by atoms with Gasteiger partial charge in [-0.2, -0.15) is 0 Å². The first kappa shape index (κ1) is 14.3. The van der Waals surface area contributed by atoms with Crippen LogP contribution in [0.4, 0.5) is 10.1 Å². The Labute approximate surface area is 131 Å². The summed E-state index contributed by atoms with van der Waals surface area (Å²) in [7, 11) is 0. The SMILES string of the molecule is O=C(c1nc(Cl)ccc1Cl)N1CCCc2cccc(F)c21. The molecule has 2 aromatic rings. The monoisotopic (exact) mass is 324 g/mol. The minimum Gasteiger partial charge on any atom is -0.304 e. The molecule has 1 aromatic carbocycles. The van der Waals surface area contributed by atoms with Crippen molar-refractivity contribution in [3.05, 3.63) is 57.6 Å². The molecule has 1 aromatic heterocycles. The maximum absolute atomic E-state index is 14.1. The molecule has 0 fully saturated rings. The van der Waals surface area contributed by atoms with Gasteiger partial charge in [-0.3, -0.25) is 4.79 Å². The summed E-state index contributed by atoms with van der Waals surface area (Å²) >= 11 is 11.8. The number of nitrogens with zero attached hydrogens (tertiary/aromatic N) is 2. The van der Waals surface area contributed by atoms with Crippen molar-refractivity contribution in [2.45, 2.75) is 12.8 Å². The third-order valence-corrected chi connectivity index (χ3v) is 3.94. The molecule has 1 aliphatic heterocycles. The number of rotatable bonds is 1. The van der Waals surface area contributed by atoms with Gasteiger partial charge in [0, 0.05) is 6.54 Å². The number of hydrogen-bond donors (Lipinski definition) is 0. The first-order valence-corrected chi connectivity index (χ1v) is 7.25. The summed E-state index contributed by atoms with van der Waals surface area (Å²) in [5.41, 5.74) is 1.17. The van der Waals surface area contributed by atoms with Crippen LogP contribution >= 0.6 is 23.2 Å². The molecule has 0 radical (unpaired) electrons. The molecule has 0 saturated heterocycles. The summed E-state index contributed by atoms with van der Waals surface area (Å²) in [6.07, 6.45) is 1.51. The van der Waals surface area contributed by atoms with Crippen molar-refractivity contribution in [1.82, 2.24) is 4.98 Å². The number of para-hydroxylation sites is 1. The zero-order valence-electron chi connectivity index (χ0n) is 10.9. The molecule has 1 amide bonds. The maximum atomic E-state index is 14.1. The minimum atomic E-state index is -0.437. The molecule has 0 bridgehead atoms. The van der Waals surface area contributed by atoms with E-state index in [2.05, 4.69) is 4.98 Å². The van der Waals surface area contributed by atoms with E-state index in [1.165, 1.54) is 23.1 Å². The number of carbonyl (C=O) groups is 1. The number of benzene rings is 1. The van der Waals surface area contributed by atoms with Gasteiger partial charge in [0.2, 0.25) is 0 Å². The number of halogens is 3. The molecule has 1 aliphatic rings. The van der Waals surface area contributed by atoms with Crippen molar-refractivity contribution < 1.29 is 9.18 Å². The largest absolute Gasteiger partial charge is 0.304 e. The summed E-state index contributed by atoms with van der Waals surface area (Å²) in [6.45, 7) is 0.428. The fraction of sp³-hybridized carbons (Fsp3) is 0.200. The molecular formula is C15H11Cl2FN2O. The van der Waals surface area contributed by atoms with Gasteiger partial charge in [0.25, 0.3) is 5.91 Å². The van der Waals surface area contributed by atoms with Crippen molar-refractivity contribution in [1.29, 1.82) is 0 Å². The van der Waals surface area contributed by atoms with Crippen LogP contribution in [0, 0.1) is 5.82 Å². The van der Waals surface area contributed by atoms with Crippen LogP contribution in [0.5, 0.6) is 0 Å². The quantitative estimate of drug-likeness (QED) is 0.739. The molecule has 21 heavy (non-hydrogen) atoms. The van der Waals surface area contributed by atoms with Crippen LogP contribution in [0.2, 0.25) is 10.2 Å². The van der Waals surface area contributed by atoms with Crippen LogP contribution in [0.1, 0.15) is 22.5 Å². The Hall–Kier alpha value is -1.65. The van der Waals surface area contributed by atoms with Crippen LogP contribution < -0.4 is 4.90 Å². The first-order chi connectivity index (χ1) is 10.1. The van der Waals surface area contributed by atoms with Gasteiger partial charge in [0.05, 0.1) is 10.7 Å². The molecule has 3 rings (SSSR count). The second-order valence-electron chi connectivity index (χ2n) is 4.77. The number of fused-ring (bicyclic) bond motifs is 1. The van der Waals surface area contributed by atoms with E-state index in [9.17, 15) is 9.18 Å². The second kappa shape index (κ2) is 5.62. The zero-order chi connectivity index (χ0) is 15.0. The van der Waals surface area contributed by atoms with Crippen molar-refractivity contribution in [3.8, 4) is 0 Å². The number of hydrogen-bond acceptors (Lipinski definition) is 2. The number of pyridine rings is 1. The highest BCUT2D eigenvalue weighted by Gasteiger charge is 2.28. The normalized spacial score (nSPS) is 14.0. The van der Waals surface area contributed by atoms with Gasteiger partial charge in [0.1, 0.15) is 16.7 Å². The summed E-state index contributed by atoms with van der Waals surface area (Å²) in [4.78, 5) is 18.0. The van der Waals surface area contributed by atoms with Crippen LogP contribution in [0.3, 0.4) is 0 Å². The molecule has 0 saturated carbocycles. The van der Waals surface area contributed by atoms with E-state index in [1.54, 1.807) is 6.07 Å². The molecule has 2 heterocycles. The number of anilines is 1. The predicted octanol–water partition coefficient (Wildman–Crippen LogP) is 4.12. The number of carbonyl (C=O) groups excluding carboxylic acids is 1. The maximum Gasteiger partial charge on any atom is 0.278 e. The Morgan fingerprint density at radius 2 is 2.05 bits per heavy atom. The summed E-state index contributed by atoms with van der Waals surface area (Å²) < 4.78 is 14.1. The molecule has 0 atom stereocenters. The lowest BCUT2D eigenvalue weighted by molar-refractivity contribution is 0.0979. The van der Waals surface area contributed by atoms with E-state index >= 15 is 0 Å². The van der Waals surface area contributed by atoms with Gasteiger partial charge in [-0.1, -0.05) is 35.3 Å². The van der Waals surface area contributed by atoms with Crippen molar-refractivity contribution in [2.75, 3.05) is 11.4 Å². The van der Waals surface area contributed by atoms with E-state index in [-0.39, 0.29) is 15.9 Å². The Bertz CT molecular complexity index is 721. The topological polar surface area (TPSA) is 33.2 Å². The van der Waals surface area contributed by atoms with E-state index in [0.717, 1.165) is 18.4 Å². The van der Waals surface area contributed by atoms with Crippen LogP contribution in [0.25, 0.3) is 0 Å². The zero-order valence-corrected chi connectivity index (χ0v) is 12.5. The van der Waals surface area contributed by atoms with Crippen molar-refractivity contribution in [2.24, 2.45) is 0 Å². The summed E-state index contributed by atoms with van der Waals surface area (Å²) in [6, 6.07) is 7.83. The van der Waals surface area contributed by atoms with Crippen LogP contribution in [0.15, 0.2) is 30.3 Å². The van der Waals surface area contributed by atoms with Gasteiger partial charge in [-0.25, -0.2) is 9.37 Å². The van der Waals surface area contributed by atoms with Gasteiger partial charge in [0.15, 0.2) is 0 Å². The lowest BCUT2D eigenvalue weighted by Crippen LogP contribution is -2.37. The predicted molar refractivity (Wildman–Crippen MR) is 80.7 cm³/mol. The molecule has 0 N–H and O–H groups in total. The first-order valence-electron chi connectivity index (χ1n) is 6.49. The van der Waals surface area contributed by atoms with Gasteiger partial charge in [-0.15, -0.1) is 0 Å². The van der Waals surface area contributed by atoms with Gasteiger partial charge in [-0.05, 0) is 36.6 Å². The Balaban J connectivity index is 2.06. The lowest BCUT2D eigenvalue weighted by Gasteiger charge is -2.29. The molecule has 3 nitrogen and oxygen atoms in total. The fourth-order valence-corrected chi connectivity index (χ4v) is 2.84. The molecular weight excluding hydrogens is 314 g/mol. The number of aromatic nitrogens is 1. The summed E-state index contributed by atoms with van der Waals surface area (Å²) in [5.74, 6) is -0.854. The van der Waals surface area contributed by atoms with Gasteiger partial charge < -0.3 is 4.90 Å². The average molecular weight is 325 g/mol. The number of amides is 1. The lowest BCUT2D eigenvalue weighted by atomic mass is 10.0. The smallest absolute Gasteiger partial charge is 0.278 e. The highest BCUT2D eigenvalue weighted by molar-refractivity contribution is 6.35. The van der Waals surface area contributed by atoms with Crippen molar-refractivity contribution in [3.63, 3.8) is 0 Å². The second-order valence-corrected chi connectivity index (χ2v) is 5.57. The molecule has 0 aliphatic carbocycles. The Morgan fingerprint density at radius 3 is 2.86 bits per heavy atom. The third kappa shape index (κ3) is 2.61. The number of aryl methyl sites for hydroxylation is 1. The Kier molecular flexibility index (Phi) is 3.83. The van der Waals surface area contributed by atoms with Crippen LogP contribution in [-0.2, 0) is 6.42 Å². The highest BCUT2D eigenvalue weighted by Crippen LogP contribution is 2.32. The van der Waals surface area contributed by atoms with Gasteiger partial charge >= 0.3 is 0 Å². The Morgan fingerprint density at radius 1 is 1.24 bits per heavy atom. The third-order valence-electron chi connectivity index (χ3n) is 3.43. The summed E-state index contributed by atoms with van der Waals surface area (Å²) in [5, 5.41) is 0.376. The minimum absolute atomic E-state index is 0.0419. The molecule has 0 unspecified atom stereocenters. The highest BCUT2D eigenvalue weighted by atomic mass is 35.5.